The summed E-state index contributed by atoms with van der Waals surface area (Å²) in [5.74, 6) is -16.2. The molecule has 2 heterocycles. The minimum Gasteiger partial charge on any atom is -0.481 e. The number of amides is 12. The van der Waals surface area contributed by atoms with Crippen molar-refractivity contribution in [1.29, 1.82) is 0 Å². The highest BCUT2D eigenvalue weighted by molar-refractivity contribution is 6.00. The molecule has 0 spiro atoms. The predicted octanol–water partition coefficient (Wildman–Crippen LogP) is -9.61. The summed E-state index contributed by atoms with van der Waals surface area (Å²) in [7, 11) is 0. The molecule has 0 bridgehead atoms. The van der Waals surface area contributed by atoms with Gasteiger partial charge in [-0.3, -0.25) is 77.1 Å². The first-order valence-corrected chi connectivity index (χ1v) is 29.8. The Morgan fingerprint density at radius 1 is 0.613 bits per heavy atom. The van der Waals surface area contributed by atoms with E-state index in [2.05, 4.69) is 73.1 Å². The maximum Gasteiger partial charge on any atom is 0.305 e. The van der Waals surface area contributed by atoms with Gasteiger partial charge >= 0.3 is 11.9 Å². The fourth-order valence-corrected chi connectivity index (χ4v) is 9.17. The van der Waals surface area contributed by atoms with E-state index in [0.717, 1.165) is 4.90 Å². The molecule has 1 fully saturated rings. The smallest absolute Gasteiger partial charge is 0.305 e. The molecule has 0 saturated carbocycles. The van der Waals surface area contributed by atoms with Crippen LogP contribution in [0.3, 0.4) is 0 Å². The lowest BCUT2D eigenvalue weighted by Crippen LogP contribution is -2.60. The monoisotopic (exact) mass is 1320 g/mol. The van der Waals surface area contributed by atoms with Gasteiger partial charge in [-0.1, -0.05) is 27.7 Å². The van der Waals surface area contributed by atoms with E-state index in [9.17, 15) is 87.5 Å². The Kier molecular flexibility index (Phi) is 34.2. The summed E-state index contributed by atoms with van der Waals surface area (Å²) in [5.41, 5.74) is 33.7. The Morgan fingerprint density at radius 3 is 1.61 bits per heavy atom. The van der Waals surface area contributed by atoms with Crippen LogP contribution in [-0.4, -0.2) is 236 Å². The molecule has 1 saturated heterocycles. The summed E-state index contributed by atoms with van der Waals surface area (Å²) in [4.78, 5) is 201. The Balaban J connectivity index is 2.32. The zero-order valence-corrected chi connectivity index (χ0v) is 52.4. The van der Waals surface area contributed by atoms with Gasteiger partial charge in [0.15, 0.2) is 11.9 Å². The molecular weight excluding hydrogens is 1230 g/mol. The molecule has 520 valence electrons. The van der Waals surface area contributed by atoms with Gasteiger partial charge in [-0.2, -0.15) is 0 Å². The molecule has 39 heteroatoms. The van der Waals surface area contributed by atoms with Crippen LogP contribution in [0.4, 0.5) is 0 Å². The van der Waals surface area contributed by atoms with E-state index in [0.29, 0.717) is 5.69 Å². The SMILES string of the molecule is CC(C)C[C@H](NC(=O)[C@H](CCC(=O)O)NC(=O)CNC(=O)[C@H](CCCN=C(N)N)NC(=O)[C@H](CCCN=C(N)N)NC(=O)[C@H](C)NC(=O)[C@@H]1CCCN1C(=O)[C@H](CC(=O)O)NC(=O)[C@H](CO)NC(=O)[C@@H](N)Cc1cnc[nH]1)C(=O)N[C@@H](CO)C(=O)N[C@H](C(N)=O)C(C)C. The maximum absolute atomic E-state index is 14.2. The van der Waals surface area contributed by atoms with Gasteiger partial charge in [0.2, 0.25) is 70.9 Å². The van der Waals surface area contributed by atoms with Crippen molar-refractivity contribution in [2.24, 2.45) is 56.2 Å². The Morgan fingerprint density at radius 2 is 1.11 bits per heavy atom. The minimum atomic E-state index is -1.83. The van der Waals surface area contributed by atoms with Gasteiger partial charge < -0.3 is 118 Å². The molecule has 0 aliphatic carbocycles. The second-order valence-electron chi connectivity index (χ2n) is 22.6. The van der Waals surface area contributed by atoms with Crippen molar-refractivity contribution in [3.05, 3.63) is 18.2 Å². The average molecular weight is 1320 g/mol. The molecule has 0 aromatic carbocycles. The van der Waals surface area contributed by atoms with Gasteiger partial charge in [0.05, 0.1) is 38.5 Å². The summed E-state index contributed by atoms with van der Waals surface area (Å²) in [6, 6.07) is -16.4. The van der Waals surface area contributed by atoms with Gasteiger partial charge in [0.25, 0.3) is 0 Å². The van der Waals surface area contributed by atoms with Gasteiger partial charge in [0.1, 0.15) is 60.4 Å². The van der Waals surface area contributed by atoms with Gasteiger partial charge in [-0.05, 0) is 70.1 Å². The van der Waals surface area contributed by atoms with Gasteiger partial charge in [0, 0.05) is 44.4 Å². The minimum absolute atomic E-state index is 0.00581. The average Bonchev–Trinajstić information content (AvgIpc) is 1.78. The van der Waals surface area contributed by atoms with Crippen LogP contribution < -0.4 is 87.6 Å². The van der Waals surface area contributed by atoms with E-state index in [-0.39, 0.29) is 88.8 Å². The van der Waals surface area contributed by atoms with Crippen molar-refractivity contribution < 1.29 is 87.5 Å². The van der Waals surface area contributed by atoms with Crippen molar-refractivity contribution in [3.63, 3.8) is 0 Å². The highest BCUT2D eigenvalue weighted by atomic mass is 16.4. The van der Waals surface area contributed by atoms with Crippen LogP contribution in [0.1, 0.15) is 105 Å². The first kappa shape index (κ1) is 79.3. The number of carbonyl (C=O) groups is 14. The Hall–Kier alpha value is -9.79. The van der Waals surface area contributed by atoms with Crippen LogP contribution in [0, 0.1) is 11.8 Å². The number of guanidine groups is 2. The molecule has 0 unspecified atom stereocenters. The van der Waals surface area contributed by atoms with E-state index in [1.165, 1.54) is 19.4 Å². The highest BCUT2D eigenvalue weighted by Gasteiger charge is 2.41. The second kappa shape index (κ2) is 40.1. The summed E-state index contributed by atoms with van der Waals surface area (Å²) in [6.45, 7) is 4.72. The Bertz CT molecular complexity index is 2810. The zero-order valence-electron chi connectivity index (χ0n) is 52.4. The number of carbonyl (C=O) groups excluding carboxylic acids is 12. The number of aromatic amines is 1. The number of hydrogen-bond donors (Lipinski definition) is 21. The van der Waals surface area contributed by atoms with Crippen LogP contribution >= 0.6 is 0 Å². The standard InChI is InChI=1S/C54H91N21O18/c1-25(2)17-33(48(89)73-36(23-77)50(91)74-41(26(3)4)42(56)83)70-47(88)32(12-13-39(79)80)67-38(78)21-64-45(86)30(9-6-14-62-53(57)58)69-46(87)31(10-7-15-63-54(59)60)68-43(84)27(5)66-51(92)37-11-8-16-75(37)52(93)34(19-40(81)82)71-49(90)35(22-76)72-44(85)29(55)18-28-20-61-24-65-28/h20,24-27,29-37,41,76-77H,6-19,21-23,55H2,1-5H3,(H2,56,83)(H,61,65)(H,64,86)(H,66,92)(H,67,78)(H,68,84)(H,69,87)(H,70,88)(H,71,90)(H,72,85)(H,73,89)(H,74,91)(H,79,80)(H,81,82)(H4,57,58,62)(H4,59,60,63)/t27-,29-,30-,31-,32-,33-,34-,35-,36-,37-,41-/m0/s1. The third kappa shape index (κ3) is 28.9. The fourth-order valence-electron chi connectivity index (χ4n) is 9.17. The van der Waals surface area contributed by atoms with Crippen LogP contribution in [0.15, 0.2) is 22.5 Å². The summed E-state index contributed by atoms with van der Waals surface area (Å²) < 4.78 is 0. The third-order valence-electron chi connectivity index (χ3n) is 14.0. The third-order valence-corrected chi connectivity index (χ3v) is 14.0. The number of carboxylic acid groups (broad SMARTS) is 2. The van der Waals surface area contributed by atoms with Crippen LogP contribution in [-0.2, 0) is 73.5 Å². The number of aliphatic hydroxyl groups excluding tert-OH is 2. The van der Waals surface area contributed by atoms with Crippen LogP contribution in [0.5, 0.6) is 0 Å². The van der Waals surface area contributed by atoms with Crippen LogP contribution in [0.2, 0.25) is 0 Å². The zero-order chi connectivity index (χ0) is 70.2. The molecule has 93 heavy (non-hydrogen) atoms. The Labute approximate surface area is 534 Å². The molecule has 27 N–H and O–H groups in total. The maximum atomic E-state index is 14.2. The molecule has 0 radical (unpaired) electrons. The van der Waals surface area contributed by atoms with E-state index >= 15 is 0 Å². The molecular formula is C54H91N21O18. The molecule has 11 atom stereocenters. The largest absolute Gasteiger partial charge is 0.481 e. The number of aromatic nitrogens is 2. The number of hydrogen-bond acceptors (Lipinski definition) is 20. The first-order chi connectivity index (χ1) is 43.7. The molecule has 1 aromatic rings. The lowest BCUT2D eigenvalue weighted by atomic mass is 10.0. The number of aliphatic hydroxyl groups is 2. The van der Waals surface area contributed by atoms with E-state index < -0.39 is 194 Å². The lowest BCUT2D eigenvalue weighted by Gasteiger charge is -2.30. The number of carboxylic acids is 2. The first-order valence-electron chi connectivity index (χ1n) is 29.8. The number of nitrogens with one attached hydrogen (secondary N) is 11. The fraction of sp³-hybridized carbons (Fsp3) is 0.648. The van der Waals surface area contributed by atoms with Crippen molar-refractivity contribution in [3.8, 4) is 0 Å². The molecule has 1 aromatic heterocycles. The molecule has 12 amide bonds. The van der Waals surface area contributed by atoms with Crippen molar-refractivity contribution in [2.75, 3.05) is 39.4 Å². The molecule has 1 aliphatic heterocycles. The number of aliphatic imine (C=N–C) groups is 2. The van der Waals surface area contributed by atoms with Gasteiger partial charge in [-0.25, -0.2) is 4.98 Å². The highest BCUT2D eigenvalue weighted by Crippen LogP contribution is 2.20. The normalized spacial score (nSPS) is 15.9. The molecule has 2 rings (SSSR count). The van der Waals surface area contributed by atoms with Crippen molar-refractivity contribution in [2.45, 2.75) is 172 Å². The number of rotatable bonds is 42. The molecule has 1 aliphatic rings. The van der Waals surface area contributed by atoms with E-state index in [1.807, 2.05) is 0 Å². The predicted molar refractivity (Wildman–Crippen MR) is 328 cm³/mol. The summed E-state index contributed by atoms with van der Waals surface area (Å²) in [6.07, 6.45) is 0.297. The number of likely N-dealkylation sites (tertiary alicyclic amines) is 1. The van der Waals surface area contributed by atoms with Crippen molar-refractivity contribution >= 4 is 94.7 Å². The number of nitrogens with two attached hydrogens (primary N) is 6. The van der Waals surface area contributed by atoms with Crippen molar-refractivity contribution in [1.82, 2.24) is 68.0 Å². The quantitative estimate of drug-likeness (QED) is 0.0164. The number of H-pyrrole nitrogens is 1. The topological polar surface area (TPSA) is 653 Å². The summed E-state index contributed by atoms with van der Waals surface area (Å²) >= 11 is 0. The molecule has 39 nitrogen and oxygen atoms in total. The van der Waals surface area contributed by atoms with E-state index in [4.69, 9.17) is 34.4 Å². The summed E-state index contributed by atoms with van der Waals surface area (Å²) in [5, 5.41) is 62.9. The second-order valence-corrected chi connectivity index (χ2v) is 22.6. The van der Waals surface area contributed by atoms with E-state index in [1.54, 1.807) is 27.7 Å². The number of primary amides is 1. The number of aliphatic carboxylic acids is 2. The number of imidazole rings is 1. The van der Waals surface area contributed by atoms with Crippen LogP contribution in [0.25, 0.3) is 0 Å². The lowest BCUT2D eigenvalue weighted by molar-refractivity contribution is -0.146. The van der Waals surface area contributed by atoms with Gasteiger partial charge in [-0.15, -0.1) is 0 Å². The number of nitrogens with zero attached hydrogens (tertiary/aromatic N) is 4.